The Bertz CT molecular complexity index is 459. The number of hydrogen-bond donors (Lipinski definition) is 1. The van der Waals surface area contributed by atoms with E-state index in [1.54, 1.807) is 0 Å². The molecule has 0 bridgehead atoms. The normalized spacial score (nSPS) is 15.1. The van der Waals surface area contributed by atoms with Crippen molar-refractivity contribution in [2.75, 3.05) is 5.75 Å². The van der Waals surface area contributed by atoms with Gasteiger partial charge >= 0.3 is 5.97 Å². The summed E-state index contributed by atoms with van der Waals surface area (Å²) >= 11 is 0. The first-order valence-corrected chi connectivity index (χ1v) is 7.98. The molecule has 8 heteroatoms. The predicted molar refractivity (Wildman–Crippen MR) is 70.9 cm³/mol. The molecule has 102 valence electrons. The molecule has 2 heterocycles. The highest BCUT2D eigenvalue weighted by molar-refractivity contribution is 8.76. The first kappa shape index (κ1) is 14.0. The molecular formula is C11H12N2O4S2. The van der Waals surface area contributed by atoms with Gasteiger partial charge in [-0.25, -0.2) is 4.79 Å². The van der Waals surface area contributed by atoms with Crippen LogP contribution < -0.4 is 0 Å². The van der Waals surface area contributed by atoms with Crippen LogP contribution in [0.5, 0.6) is 0 Å². The van der Waals surface area contributed by atoms with Gasteiger partial charge in [-0.15, -0.1) is 5.06 Å². The van der Waals surface area contributed by atoms with E-state index < -0.39 is 17.8 Å². The Kier molecular flexibility index (Phi) is 4.92. The first-order valence-electron chi connectivity index (χ1n) is 5.66. The van der Waals surface area contributed by atoms with E-state index in [2.05, 4.69) is 4.98 Å². The molecule has 1 N–H and O–H groups in total. The molecule has 1 aliphatic rings. The van der Waals surface area contributed by atoms with Gasteiger partial charge in [0, 0.05) is 24.8 Å². The van der Waals surface area contributed by atoms with E-state index in [1.165, 1.54) is 21.6 Å². The van der Waals surface area contributed by atoms with E-state index in [0.717, 1.165) is 5.03 Å². The molecule has 1 aromatic heterocycles. The fourth-order valence-corrected chi connectivity index (χ4v) is 3.30. The van der Waals surface area contributed by atoms with Crippen LogP contribution in [0, 0.1) is 0 Å². The van der Waals surface area contributed by atoms with Crippen LogP contribution in [0.25, 0.3) is 0 Å². The van der Waals surface area contributed by atoms with Crippen molar-refractivity contribution >= 4 is 39.4 Å². The molecule has 6 nitrogen and oxygen atoms in total. The summed E-state index contributed by atoms with van der Waals surface area (Å²) < 4.78 is 0. The van der Waals surface area contributed by atoms with Crippen LogP contribution in [0.3, 0.4) is 0 Å². The average molecular weight is 300 g/mol. The highest BCUT2D eigenvalue weighted by Crippen LogP contribution is 2.29. The zero-order chi connectivity index (χ0) is 13.7. The standard InChI is InChI=1S/C11H12N2O4S2/c14-9-3-4-10(15)13(9)17-11(16)5-7-18-19-8-2-1-6-12-8/h1-2,6,12H,3-5,7H2. The zero-order valence-corrected chi connectivity index (χ0v) is 11.6. The number of aromatic amines is 1. The summed E-state index contributed by atoms with van der Waals surface area (Å²) in [7, 11) is 3.01. The van der Waals surface area contributed by atoms with Crippen LogP contribution in [0.2, 0.25) is 0 Å². The highest BCUT2D eigenvalue weighted by atomic mass is 33.1. The molecule has 1 saturated heterocycles. The van der Waals surface area contributed by atoms with E-state index in [9.17, 15) is 14.4 Å². The maximum absolute atomic E-state index is 11.5. The molecule has 2 amide bonds. The van der Waals surface area contributed by atoms with Gasteiger partial charge in [-0.05, 0) is 22.9 Å². The third-order valence-corrected chi connectivity index (χ3v) is 4.62. The number of aromatic nitrogens is 1. The molecule has 0 radical (unpaired) electrons. The zero-order valence-electron chi connectivity index (χ0n) is 9.96. The van der Waals surface area contributed by atoms with Crippen molar-refractivity contribution in [1.82, 2.24) is 10.0 Å². The number of hydrogen-bond acceptors (Lipinski definition) is 6. The van der Waals surface area contributed by atoms with E-state index in [1.807, 2.05) is 18.3 Å². The lowest BCUT2D eigenvalue weighted by Gasteiger charge is -2.12. The van der Waals surface area contributed by atoms with Crippen LogP contribution in [0.15, 0.2) is 23.4 Å². The van der Waals surface area contributed by atoms with Gasteiger partial charge in [0.05, 0.1) is 11.4 Å². The number of nitrogens with zero attached hydrogens (tertiary/aromatic N) is 1. The summed E-state index contributed by atoms with van der Waals surface area (Å²) in [5.74, 6) is -0.930. The van der Waals surface area contributed by atoms with Crippen LogP contribution in [0.1, 0.15) is 19.3 Å². The lowest BCUT2D eigenvalue weighted by molar-refractivity contribution is -0.197. The van der Waals surface area contributed by atoms with Crippen molar-refractivity contribution < 1.29 is 19.2 Å². The Morgan fingerprint density at radius 3 is 2.74 bits per heavy atom. The summed E-state index contributed by atoms with van der Waals surface area (Å²) in [6, 6.07) is 3.82. The van der Waals surface area contributed by atoms with Gasteiger partial charge in [-0.1, -0.05) is 10.8 Å². The highest BCUT2D eigenvalue weighted by Gasteiger charge is 2.32. The van der Waals surface area contributed by atoms with Crippen molar-refractivity contribution in [1.29, 1.82) is 0 Å². The second kappa shape index (κ2) is 6.67. The largest absolute Gasteiger partial charge is 0.356 e. The number of rotatable bonds is 6. The number of nitrogens with one attached hydrogen (secondary N) is 1. The molecule has 0 unspecified atom stereocenters. The second-order valence-electron chi connectivity index (χ2n) is 3.73. The molecule has 1 aliphatic heterocycles. The van der Waals surface area contributed by atoms with Crippen molar-refractivity contribution in [2.45, 2.75) is 24.3 Å². The molecule has 0 aromatic carbocycles. The predicted octanol–water partition coefficient (Wildman–Crippen LogP) is 1.75. The number of hydroxylamine groups is 2. The van der Waals surface area contributed by atoms with Crippen molar-refractivity contribution in [3.8, 4) is 0 Å². The number of carbonyl (C=O) groups is 3. The lowest BCUT2D eigenvalue weighted by Crippen LogP contribution is -2.32. The number of amides is 2. The fraction of sp³-hybridized carbons (Fsp3) is 0.364. The SMILES string of the molecule is O=C(CCSSc1ccc[nH]1)ON1C(=O)CCC1=O. The van der Waals surface area contributed by atoms with E-state index in [4.69, 9.17) is 4.84 Å². The molecule has 2 rings (SSSR count). The van der Waals surface area contributed by atoms with Gasteiger partial charge in [-0.3, -0.25) is 9.59 Å². The fourth-order valence-electron chi connectivity index (χ4n) is 1.40. The Morgan fingerprint density at radius 2 is 2.11 bits per heavy atom. The number of carbonyl (C=O) groups excluding carboxylic acids is 3. The smallest absolute Gasteiger partial charge is 0.334 e. The molecule has 0 saturated carbocycles. The van der Waals surface area contributed by atoms with Gasteiger partial charge < -0.3 is 9.82 Å². The van der Waals surface area contributed by atoms with Crippen molar-refractivity contribution in [3.63, 3.8) is 0 Å². The Morgan fingerprint density at radius 1 is 1.37 bits per heavy atom. The van der Waals surface area contributed by atoms with Gasteiger partial charge in [0.2, 0.25) is 0 Å². The van der Waals surface area contributed by atoms with Crippen LogP contribution in [-0.4, -0.2) is 33.6 Å². The van der Waals surface area contributed by atoms with Gasteiger partial charge in [0.1, 0.15) is 0 Å². The van der Waals surface area contributed by atoms with E-state index in [0.29, 0.717) is 10.8 Å². The molecule has 0 spiro atoms. The van der Waals surface area contributed by atoms with E-state index in [-0.39, 0.29) is 19.3 Å². The molecular weight excluding hydrogens is 288 g/mol. The molecule has 0 aliphatic carbocycles. The van der Waals surface area contributed by atoms with Crippen LogP contribution in [0.4, 0.5) is 0 Å². The molecule has 1 fully saturated rings. The van der Waals surface area contributed by atoms with Crippen molar-refractivity contribution in [3.05, 3.63) is 18.3 Å². The quantitative estimate of drug-likeness (QED) is 0.490. The molecule has 19 heavy (non-hydrogen) atoms. The Balaban J connectivity index is 1.64. The third kappa shape index (κ3) is 4.03. The molecule has 0 atom stereocenters. The van der Waals surface area contributed by atoms with Gasteiger partial charge in [0.15, 0.2) is 0 Å². The summed E-state index contributed by atoms with van der Waals surface area (Å²) in [5.41, 5.74) is 0. The monoisotopic (exact) mass is 300 g/mol. The summed E-state index contributed by atoms with van der Waals surface area (Å²) in [6.45, 7) is 0. The van der Waals surface area contributed by atoms with Crippen molar-refractivity contribution in [2.24, 2.45) is 0 Å². The maximum atomic E-state index is 11.5. The summed E-state index contributed by atoms with van der Waals surface area (Å²) in [5, 5.41) is 1.58. The first-order chi connectivity index (χ1) is 9.16. The Hall–Kier alpha value is -1.41. The third-order valence-electron chi connectivity index (χ3n) is 2.31. The minimum Gasteiger partial charge on any atom is -0.356 e. The Labute approximate surface area is 117 Å². The second-order valence-corrected chi connectivity index (χ2v) is 6.19. The van der Waals surface area contributed by atoms with Gasteiger partial charge in [-0.2, -0.15) is 0 Å². The van der Waals surface area contributed by atoms with Gasteiger partial charge in [0.25, 0.3) is 11.8 Å². The minimum atomic E-state index is -0.566. The topological polar surface area (TPSA) is 79.5 Å². The van der Waals surface area contributed by atoms with E-state index >= 15 is 0 Å². The number of H-pyrrole nitrogens is 1. The minimum absolute atomic E-state index is 0.115. The maximum Gasteiger partial charge on any atom is 0.334 e. The lowest BCUT2D eigenvalue weighted by atomic mass is 10.4. The summed E-state index contributed by atoms with van der Waals surface area (Å²) in [4.78, 5) is 41.7. The van der Waals surface area contributed by atoms with Crippen LogP contribution >= 0.6 is 21.6 Å². The average Bonchev–Trinajstić information content (AvgIpc) is 3.00. The molecule has 1 aromatic rings. The summed E-state index contributed by atoms with van der Waals surface area (Å²) in [6.07, 6.45) is 2.20. The number of imide groups is 1. The van der Waals surface area contributed by atoms with Crippen LogP contribution in [-0.2, 0) is 19.2 Å².